The fraction of sp³-hybridized carbons (Fsp3) is 0.467. The molecule has 3 atom stereocenters. The summed E-state index contributed by atoms with van der Waals surface area (Å²) in [6.45, 7) is 3.90. The maximum atomic E-state index is 11.6. The standard InChI is InChI=1S/C15H19NO4/c1-3-12(17)20-14-10(2)13(14)16-15(18)19-9-11-7-5-4-6-8-11/h4-8,10,13-14H,3,9H2,1-2H3,(H,16,18). The Kier molecular flexibility index (Phi) is 4.61. The van der Waals surface area contributed by atoms with Crippen molar-refractivity contribution in [3.8, 4) is 0 Å². The molecule has 1 N–H and O–H groups in total. The molecule has 5 nitrogen and oxygen atoms in total. The van der Waals surface area contributed by atoms with E-state index in [0.29, 0.717) is 6.42 Å². The Hall–Kier alpha value is -2.04. The monoisotopic (exact) mass is 277 g/mol. The average molecular weight is 277 g/mol. The van der Waals surface area contributed by atoms with Crippen LogP contribution in [0.2, 0.25) is 0 Å². The molecule has 0 spiro atoms. The summed E-state index contributed by atoms with van der Waals surface area (Å²) < 4.78 is 10.3. The quantitative estimate of drug-likeness (QED) is 0.838. The maximum Gasteiger partial charge on any atom is 0.407 e. The van der Waals surface area contributed by atoms with Gasteiger partial charge in [-0.15, -0.1) is 0 Å². The summed E-state index contributed by atoms with van der Waals surface area (Å²) >= 11 is 0. The number of alkyl carbamates (subject to hydrolysis) is 1. The molecule has 1 aliphatic rings. The van der Waals surface area contributed by atoms with Crippen molar-refractivity contribution in [2.75, 3.05) is 0 Å². The first-order valence-corrected chi connectivity index (χ1v) is 6.78. The largest absolute Gasteiger partial charge is 0.460 e. The molecule has 0 radical (unpaired) electrons. The van der Waals surface area contributed by atoms with Gasteiger partial charge in [0.15, 0.2) is 0 Å². The predicted molar refractivity (Wildman–Crippen MR) is 72.9 cm³/mol. The highest BCUT2D eigenvalue weighted by molar-refractivity contribution is 5.71. The number of carbonyl (C=O) groups is 2. The summed E-state index contributed by atoms with van der Waals surface area (Å²) in [6.07, 6.45) is -0.374. The van der Waals surface area contributed by atoms with Gasteiger partial charge in [-0.25, -0.2) is 4.79 Å². The van der Waals surface area contributed by atoms with Crippen LogP contribution in [0.1, 0.15) is 25.8 Å². The van der Waals surface area contributed by atoms with Crippen LogP contribution in [-0.2, 0) is 20.9 Å². The van der Waals surface area contributed by atoms with E-state index >= 15 is 0 Å². The van der Waals surface area contributed by atoms with E-state index < -0.39 is 6.09 Å². The number of rotatable bonds is 5. The smallest absolute Gasteiger partial charge is 0.407 e. The summed E-state index contributed by atoms with van der Waals surface area (Å²) in [6, 6.07) is 9.31. The lowest BCUT2D eigenvalue weighted by Crippen LogP contribution is -2.29. The van der Waals surface area contributed by atoms with E-state index in [4.69, 9.17) is 9.47 Å². The lowest BCUT2D eigenvalue weighted by molar-refractivity contribution is -0.145. The summed E-state index contributed by atoms with van der Waals surface area (Å²) in [5, 5.41) is 2.72. The zero-order valence-electron chi connectivity index (χ0n) is 11.7. The molecule has 108 valence electrons. The Balaban J connectivity index is 1.72. The molecule has 5 heteroatoms. The van der Waals surface area contributed by atoms with Crippen molar-refractivity contribution in [3.63, 3.8) is 0 Å². The van der Waals surface area contributed by atoms with Crippen molar-refractivity contribution in [1.82, 2.24) is 5.32 Å². The van der Waals surface area contributed by atoms with Crippen LogP contribution in [0.25, 0.3) is 0 Å². The minimum absolute atomic E-state index is 0.134. The minimum atomic E-state index is -0.485. The van der Waals surface area contributed by atoms with Crippen LogP contribution in [0, 0.1) is 5.92 Å². The van der Waals surface area contributed by atoms with Gasteiger partial charge in [0.05, 0.1) is 6.04 Å². The second kappa shape index (κ2) is 6.41. The Bertz CT molecular complexity index is 474. The molecule has 0 bridgehead atoms. The normalized spacial score (nSPS) is 23.8. The highest BCUT2D eigenvalue weighted by atomic mass is 16.6. The fourth-order valence-electron chi connectivity index (χ4n) is 1.96. The van der Waals surface area contributed by atoms with Crippen LogP contribution in [0.5, 0.6) is 0 Å². The van der Waals surface area contributed by atoms with E-state index in [-0.39, 0.29) is 30.6 Å². The van der Waals surface area contributed by atoms with E-state index in [0.717, 1.165) is 5.56 Å². The van der Waals surface area contributed by atoms with Crippen molar-refractivity contribution in [2.24, 2.45) is 5.92 Å². The summed E-state index contributed by atoms with van der Waals surface area (Å²) in [7, 11) is 0. The van der Waals surface area contributed by atoms with Crippen LogP contribution < -0.4 is 5.32 Å². The maximum absolute atomic E-state index is 11.6. The zero-order valence-corrected chi connectivity index (χ0v) is 11.7. The molecule has 1 saturated carbocycles. The van der Waals surface area contributed by atoms with E-state index in [9.17, 15) is 9.59 Å². The van der Waals surface area contributed by atoms with Gasteiger partial charge < -0.3 is 14.8 Å². The van der Waals surface area contributed by atoms with Gasteiger partial charge in [0.25, 0.3) is 0 Å². The number of amides is 1. The summed E-state index contributed by atoms with van der Waals surface area (Å²) in [4.78, 5) is 22.8. The molecule has 0 saturated heterocycles. The van der Waals surface area contributed by atoms with E-state index in [1.807, 2.05) is 37.3 Å². The van der Waals surface area contributed by atoms with Crippen molar-refractivity contribution in [1.29, 1.82) is 0 Å². The fourth-order valence-corrected chi connectivity index (χ4v) is 1.96. The topological polar surface area (TPSA) is 64.6 Å². The van der Waals surface area contributed by atoms with Gasteiger partial charge in [0.1, 0.15) is 12.7 Å². The third kappa shape index (κ3) is 3.73. The minimum Gasteiger partial charge on any atom is -0.460 e. The molecular weight excluding hydrogens is 258 g/mol. The van der Waals surface area contributed by atoms with E-state index in [2.05, 4.69) is 5.32 Å². The van der Waals surface area contributed by atoms with Crippen LogP contribution in [-0.4, -0.2) is 24.2 Å². The molecule has 1 aliphatic carbocycles. The number of esters is 1. The molecule has 0 heterocycles. The zero-order chi connectivity index (χ0) is 14.5. The van der Waals surface area contributed by atoms with E-state index in [1.165, 1.54) is 0 Å². The highest BCUT2D eigenvalue weighted by Gasteiger charge is 2.51. The first kappa shape index (κ1) is 14.4. The second-order valence-corrected chi connectivity index (χ2v) is 4.90. The van der Waals surface area contributed by atoms with Crippen molar-refractivity contribution >= 4 is 12.1 Å². The summed E-state index contributed by atoms with van der Waals surface area (Å²) in [5.41, 5.74) is 0.931. The van der Waals surface area contributed by atoms with Gasteiger partial charge in [0, 0.05) is 12.3 Å². The highest BCUT2D eigenvalue weighted by Crippen LogP contribution is 2.34. The van der Waals surface area contributed by atoms with Gasteiger partial charge in [-0.2, -0.15) is 0 Å². The second-order valence-electron chi connectivity index (χ2n) is 4.90. The molecule has 1 aromatic rings. The van der Waals surface area contributed by atoms with Gasteiger partial charge in [-0.05, 0) is 5.56 Å². The first-order chi connectivity index (χ1) is 9.61. The molecule has 1 amide bonds. The number of hydrogen-bond acceptors (Lipinski definition) is 4. The SMILES string of the molecule is CCC(=O)OC1C(C)C1NC(=O)OCc1ccccc1. The Morgan fingerprint density at radius 3 is 2.60 bits per heavy atom. The Labute approximate surface area is 118 Å². The number of ether oxygens (including phenoxy) is 2. The number of carbonyl (C=O) groups excluding carboxylic acids is 2. The van der Waals surface area contributed by atoms with Gasteiger partial charge in [0.2, 0.25) is 0 Å². The van der Waals surface area contributed by atoms with E-state index in [1.54, 1.807) is 6.92 Å². The van der Waals surface area contributed by atoms with Crippen LogP contribution in [0.15, 0.2) is 30.3 Å². The molecular formula is C15H19NO4. The lowest BCUT2D eigenvalue weighted by Gasteiger charge is -2.07. The van der Waals surface area contributed by atoms with Gasteiger partial charge in [-0.1, -0.05) is 44.2 Å². The van der Waals surface area contributed by atoms with Gasteiger partial charge >= 0.3 is 12.1 Å². The van der Waals surface area contributed by atoms with Crippen molar-refractivity contribution < 1.29 is 19.1 Å². The lowest BCUT2D eigenvalue weighted by atomic mass is 10.2. The molecule has 0 aliphatic heterocycles. The van der Waals surface area contributed by atoms with Crippen molar-refractivity contribution in [2.45, 2.75) is 39.0 Å². The summed E-state index contributed by atoms with van der Waals surface area (Å²) in [5.74, 6) is -0.112. The third-order valence-corrected chi connectivity index (χ3v) is 3.35. The molecule has 1 aromatic carbocycles. The predicted octanol–water partition coefficient (Wildman–Crippen LogP) is 2.25. The van der Waals surface area contributed by atoms with Crippen LogP contribution in [0.3, 0.4) is 0 Å². The van der Waals surface area contributed by atoms with Gasteiger partial charge in [-0.3, -0.25) is 4.79 Å². The average Bonchev–Trinajstić information content (AvgIpc) is 3.06. The third-order valence-electron chi connectivity index (χ3n) is 3.35. The number of nitrogens with one attached hydrogen (secondary N) is 1. The first-order valence-electron chi connectivity index (χ1n) is 6.78. The number of benzene rings is 1. The molecule has 2 rings (SSSR count). The molecule has 1 fully saturated rings. The number of hydrogen-bond donors (Lipinski definition) is 1. The molecule has 3 unspecified atom stereocenters. The van der Waals surface area contributed by atoms with Crippen molar-refractivity contribution in [3.05, 3.63) is 35.9 Å². The van der Waals surface area contributed by atoms with Crippen LogP contribution in [0.4, 0.5) is 4.79 Å². The molecule has 0 aromatic heterocycles. The Morgan fingerprint density at radius 1 is 1.25 bits per heavy atom. The van der Waals surface area contributed by atoms with Crippen LogP contribution >= 0.6 is 0 Å². The Morgan fingerprint density at radius 2 is 1.95 bits per heavy atom. The molecule has 20 heavy (non-hydrogen) atoms.